The van der Waals surface area contributed by atoms with Gasteiger partial charge in [0.15, 0.2) is 0 Å². The normalized spacial score (nSPS) is 17.1. The van der Waals surface area contributed by atoms with Gasteiger partial charge in [-0.15, -0.1) is 0 Å². The zero-order valence-corrected chi connectivity index (χ0v) is 9.07. The van der Waals surface area contributed by atoms with Gasteiger partial charge in [-0.3, -0.25) is 4.79 Å². The summed E-state index contributed by atoms with van der Waals surface area (Å²) in [5.74, 6) is 0.543. The smallest absolute Gasteiger partial charge is 0.223 e. The zero-order valence-electron chi connectivity index (χ0n) is 9.07. The first kappa shape index (κ1) is 10.2. The van der Waals surface area contributed by atoms with Crippen molar-refractivity contribution in [2.75, 3.05) is 0 Å². The molecule has 0 spiro atoms. The van der Waals surface area contributed by atoms with Crippen LogP contribution in [0.3, 0.4) is 0 Å². The van der Waals surface area contributed by atoms with E-state index in [1.54, 1.807) is 0 Å². The summed E-state index contributed by atoms with van der Waals surface area (Å²) >= 11 is 0. The Kier molecular flexibility index (Phi) is 3.05. The van der Waals surface area contributed by atoms with E-state index in [2.05, 4.69) is 24.4 Å². The Bertz CT molecular complexity index is 330. The predicted octanol–water partition coefficient (Wildman–Crippen LogP) is 2.14. The molecule has 1 saturated carbocycles. The number of nitrogens with one attached hydrogen (secondary N) is 1. The van der Waals surface area contributed by atoms with Gasteiger partial charge in [0.1, 0.15) is 0 Å². The molecule has 1 N–H and O–H groups in total. The van der Waals surface area contributed by atoms with Crippen LogP contribution in [0.1, 0.15) is 25.3 Å². The maximum Gasteiger partial charge on any atom is 0.223 e. The Labute approximate surface area is 90.7 Å². The van der Waals surface area contributed by atoms with Gasteiger partial charge in [0.25, 0.3) is 0 Å². The maximum atomic E-state index is 11.5. The summed E-state index contributed by atoms with van der Waals surface area (Å²) in [6.07, 6.45) is 3.06. The molecule has 0 heterocycles. The van der Waals surface area contributed by atoms with Crippen molar-refractivity contribution in [1.82, 2.24) is 5.32 Å². The van der Waals surface area contributed by atoms with Crippen molar-refractivity contribution in [1.29, 1.82) is 0 Å². The molecule has 0 saturated heterocycles. The van der Waals surface area contributed by atoms with Crippen LogP contribution in [0.4, 0.5) is 0 Å². The van der Waals surface area contributed by atoms with Crippen LogP contribution in [0.2, 0.25) is 0 Å². The zero-order chi connectivity index (χ0) is 10.7. The van der Waals surface area contributed by atoms with Crippen LogP contribution in [0, 0.1) is 5.92 Å². The third kappa shape index (κ3) is 3.08. The number of benzene rings is 1. The molecule has 2 heteroatoms. The lowest BCUT2D eigenvalue weighted by molar-refractivity contribution is -0.122. The Balaban J connectivity index is 1.81. The molecule has 1 amide bonds. The minimum atomic E-state index is 0.235. The number of carbonyl (C=O) groups is 1. The maximum absolute atomic E-state index is 11.5. The summed E-state index contributed by atoms with van der Waals surface area (Å²) in [6, 6.07) is 10.5. The van der Waals surface area contributed by atoms with Crippen molar-refractivity contribution in [3.05, 3.63) is 35.9 Å². The molecule has 1 aliphatic carbocycles. The number of hydrogen-bond donors (Lipinski definition) is 1. The molecule has 2 nitrogen and oxygen atoms in total. The minimum Gasteiger partial charge on any atom is -0.353 e. The number of hydrogen-bond acceptors (Lipinski definition) is 1. The molecule has 1 fully saturated rings. The monoisotopic (exact) mass is 203 g/mol. The van der Waals surface area contributed by atoms with Crippen LogP contribution in [0.25, 0.3) is 0 Å². The first-order valence-electron chi connectivity index (χ1n) is 5.60. The summed E-state index contributed by atoms with van der Waals surface area (Å²) in [7, 11) is 0. The fourth-order valence-electron chi connectivity index (χ4n) is 1.72. The largest absolute Gasteiger partial charge is 0.353 e. The Morgan fingerprint density at radius 3 is 2.67 bits per heavy atom. The highest BCUT2D eigenvalue weighted by Gasteiger charge is 2.30. The lowest BCUT2D eigenvalue weighted by Crippen LogP contribution is -2.35. The highest BCUT2D eigenvalue weighted by molar-refractivity contribution is 5.81. The molecule has 0 aliphatic heterocycles. The lowest BCUT2D eigenvalue weighted by Gasteiger charge is -2.13. The third-order valence-corrected chi connectivity index (χ3v) is 2.72. The van der Waals surface area contributed by atoms with Crippen molar-refractivity contribution in [2.24, 2.45) is 5.92 Å². The third-order valence-electron chi connectivity index (χ3n) is 2.72. The highest BCUT2D eigenvalue weighted by atomic mass is 16.2. The quantitative estimate of drug-likeness (QED) is 0.798. The minimum absolute atomic E-state index is 0.235. The molecular weight excluding hydrogens is 186 g/mol. The van der Waals surface area contributed by atoms with E-state index >= 15 is 0 Å². The second-order valence-corrected chi connectivity index (χ2v) is 4.37. The number of rotatable bonds is 4. The molecule has 80 valence electrons. The molecular formula is C13H17NO. The van der Waals surface area contributed by atoms with Crippen molar-refractivity contribution in [3.63, 3.8) is 0 Å². The number of carbonyl (C=O) groups excluding carboxylic acids is 1. The topological polar surface area (TPSA) is 29.1 Å². The summed E-state index contributed by atoms with van der Waals surface area (Å²) in [5.41, 5.74) is 1.28. The van der Waals surface area contributed by atoms with Crippen LogP contribution in [-0.4, -0.2) is 11.9 Å². The van der Waals surface area contributed by atoms with E-state index in [9.17, 15) is 4.79 Å². The fraction of sp³-hybridized carbons (Fsp3) is 0.462. The van der Waals surface area contributed by atoms with E-state index in [1.807, 2.05) is 18.2 Å². The average Bonchev–Trinajstić information content (AvgIpc) is 3.01. The lowest BCUT2D eigenvalue weighted by atomic mass is 10.1. The van der Waals surface area contributed by atoms with Crippen molar-refractivity contribution in [2.45, 2.75) is 32.2 Å². The highest BCUT2D eigenvalue weighted by Crippen LogP contribution is 2.28. The van der Waals surface area contributed by atoms with Gasteiger partial charge < -0.3 is 5.32 Å². The van der Waals surface area contributed by atoms with E-state index in [-0.39, 0.29) is 11.9 Å². The SMILES string of the molecule is C[C@@H](Cc1ccccc1)NC(=O)C1CC1. The van der Waals surface area contributed by atoms with Crippen molar-refractivity contribution in [3.8, 4) is 0 Å². The molecule has 0 bridgehead atoms. The van der Waals surface area contributed by atoms with Crippen LogP contribution < -0.4 is 5.32 Å². The predicted molar refractivity (Wildman–Crippen MR) is 60.5 cm³/mol. The Hall–Kier alpha value is -1.31. The second-order valence-electron chi connectivity index (χ2n) is 4.37. The van der Waals surface area contributed by atoms with Crippen LogP contribution in [-0.2, 0) is 11.2 Å². The van der Waals surface area contributed by atoms with Crippen molar-refractivity contribution < 1.29 is 4.79 Å². The molecule has 0 unspecified atom stereocenters. The molecule has 1 atom stereocenters. The van der Waals surface area contributed by atoms with Gasteiger partial charge in [0, 0.05) is 12.0 Å². The first-order chi connectivity index (χ1) is 7.25. The Morgan fingerprint density at radius 1 is 1.40 bits per heavy atom. The van der Waals surface area contributed by atoms with E-state index in [0.29, 0.717) is 5.92 Å². The van der Waals surface area contributed by atoms with Gasteiger partial charge in [-0.05, 0) is 31.7 Å². The van der Waals surface area contributed by atoms with Gasteiger partial charge in [-0.2, -0.15) is 0 Å². The summed E-state index contributed by atoms with van der Waals surface area (Å²) in [5, 5.41) is 3.05. The standard InChI is InChI=1S/C13H17NO/c1-10(14-13(15)12-7-8-12)9-11-5-3-2-4-6-11/h2-6,10,12H,7-9H2,1H3,(H,14,15)/t10-/m0/s1. The first-order valence-corrected chi connectivity index (χ1v) is 5.60. The Morgan fingerprint density at radius 2 is 2.07 bits per heavy atom. The van der Waals surface area contributed by atoms with Crippen LogP contribution >= 0.6 is 0 Å². The van der Waals surface area contributed by atoms with Crippen LogP contribution in [0.5, 0.6) is 0 Å². The number of amides is 1. The molecule has 0 radical (unpaired) electrons. The summed E-state index contributed by atoms with van der Waals surface area (Å²) in [4.78, 5) is 11.5. The molecule has 2 rings (SSSR count). The van der Waals surface area contributed by atoms with Crippen LogP contribution in [0.15, 0.2) is 30.3 Å². The second kappa shape index (κ2) is 4.47. The fourth-order valence-corrected chi connectivity index (χ4v) is 1.72. The van der Waals surface area contributed by atoms with Gasteiger partial charge in [-0.25, -0.2) is 0 Å². The van der Waals surface area contributed by atoms with E-state index in [1.165, 1.54) is 5.56 Å². The molecule has 15 heavy (non-hydrogen) atoms. The van der Waals surface area contributed by atoms with Gasteiger partial charge in [0.05, 0.1) is 0 Å². The molecule has 0 aromatic heterocycles. The molecule has 1 aromatic rings. The molecule has 1 aromatic carbocycles. The van der Waals surface area contributed by atoms with E-state index < -0.39 is 0 Å². The van der Waals surface area contributed by atoms with Gasteiger partial charge in [-0.1, -0.05) is 30.3 Å². The van der Waals surface area contributed by atoms with Crippen molar-refractivity contribution >= 4 is 5.91 Å². The van der Waals surface area contributed by atoms with E-state index in [0.717, 1.165) is 19.3 Å². The van der Waals surface area contributed by atoms with E-state index in [4.69, 9.17) is 0 Å². The summed E-state index contributed by atoms with van der Waals surface area (Å²) < 4.78 is 0. The van der Waals surface area contributed by atoms with Gasteiger partial charge >= 0.3 is 0 Å². The van der Waals surface area contributed by atoms with Gasteiger partial charge in [0.2, 0.25) is 5.91 Å². The average molecular weight is 203 g/mol. The molecule has 1 aliphatic rings. The summed E-state index contributed by atoms with van der Waals surface area (Å²) in [6.45, 7) is 2.06.